The third kappa shape index (κ3) is 4.10. The van der Waals surface area contributed by atoms with Crippen molar-refractivity contribution in [3.63, 3.8) is 0 Å². The molecule has 204 valence electrons. The van der Waals surface area contributed by atoms with Crippen LogP contribution in [0.1, 0.15) is 111 Å². The van der Waals surface area contributed by atoms with E-state index in [1.54, 1.807) is 6.92 Å². The van der Waals surface area contributed by atoms with Crippen LogP contribution in [0.15, 0.2) is 0 Å². The summed E-state index contributed by atoms with van der Waals surface area (Å²) >= 11 is 0. The summed E-state index contributed by atoms with van der Waals surface area (Å²) in [5.74, 6) is 3.33. The predicted octanol–water partition coefficient (Wildman–Crippen LogP) is 6.42. The van der Waals surface area contributed by atoms with Crippen molar-refractivity contribution < 1.29 is 14.0 Å². The van der Waals surface area contributed by atoms with Crippen molar-refractivity contribution in [1.82, 2.24) is 4.90 Å². The SMILES string of the molecule is CC(=O)OC1C(N2CCCCC2)C[C@H]2[C@@H]3CCC4CCC([N+]5(C)CCCCC5)C[C@]4(C)[C@@H]3CC[C@]12C. The average Bonchev–Trinajstić information content (AvgIpc) is 3.16. The number of carbonyl (C=O) groups excluding carboxylic acids is 1. The molecular weight excluding hydrogens is 444 g/mol. The largest absolute Gasteiger partial charge is 0.460 e. The summed E-state index contributed by atoms with van der Waals surface area (Å²) in [6.07, 6.45) is 19.6. The van der Waals surface area contributed by atoms with E-state index in [0.29, 0.717) is 11.5 Å². The second-order valence-electron chi connectivity index (χ2n) is 15.1. The van der Waals surface area contributed by atoms with Crippen molar-refractivity contribution in [3.8, 4) is 0 Å². The zero-order chi connectivity index (χ0) is 25.1. The lowest BCUT2D eigenvalue weighted by atomic mass is 9.44. The van der Waals surface area contributed by atoms with E-state index in [1.165, 1.54) is 121 Å². The van der Waals surface area contributed by atoms with Gasteiger partial charge in [-0.2, -0.15) is 0 Å². The third-order valence-electron chi connectivity index (χ3n) is 13.4. The molecule has 4 unspecified atom stereocenters. The highest BCUT2D eigenvalue weighted by Gasteiger charge is 2.64. The molecule has 0 aromatic rings. The molecule has 2 aliphatic heterocycles. The minimum Gasteiger partial charge on any atom is -0.460 e. The lowest BCUT2D eigenvalue weighted by Crippen LogP contribution is -2.61. The number of carbonyl (C=O) groups is 1. The van der Waals surface area contributed by atoms with Gasteiger partial charge in [0.25, 0.3) is 0 Å². The third-order valence-corrected chi connectivity index (χ3v) is 13.4. The van der Waals surface area contributed by atoms with Crippen molar-refractivity contribution in [3.05, 3.63) is 0 Å². The monoisotopic (exact) mass is 499 g/mol. The Morgan fingerprint density at radius 3 is 2.28 bits per heavy atom. The highest BCUT2D eigenvalue weighted by atomic mass is 16.5. The van der Waals surface area contributed by atoms with Gasteiger partial charge in [-0.15, -0.1) is 0 Å². The lowest BCUT2D eigenvalue weighted by Gasteiger charge is -2.62. The van der Waals surface area contributed by atoms with E-state index in [1.807, 2.05) is 0 Å². The summed E-state index contributed by atoms with van der Waals surface area (Å²) in [5, 5.41) is 0. The molecule has 2 heterocycles. The van der Waals surface area contributed by atoms with Crippen LogP contribution in [0.2, 0.25) is 0 Å². The second-order valence-corrected chi connectivity index (χ2v) is 15.1. The van der Waals surface area contributed by atoms with Crippen LogP contribution < -0.4 is 0 Å². The fourth-order valence-electron chi connectivity index (χ4n) is 11.4. The van der Waals surface area contributed by atoms with Gasteiger partial charge in [-0.25, -0.2) is 0 Å². The smallest absolute Gasteiger partial charge is 0.302 e. The Morgan fingerprint density at radius 1 is 0.861 bits per heavy atom. The molecule has 4 nitrogen and oxygen atoms in total. The fraction of sp³-hybridized carbons (Fsp3) is 0.969. The van der Waals surface area contributed by atoms with Gasteiger partial charge in [0.15, 0.2) is 0 Å². The van der Waals surface area contributed by atoms with Gasteiger partial charge < -0.3 is 9.22 Å². The Kier molecular flexibility index (Phi) is 6.80. The quantitative estimate of drug-likeness (QED) is 0.331. The Morgan fingerprint density at radius 2 is 1.56 bits per heavy atom. The van der Waals surface area contributed by atoms with E-state index >= 15 is 0 Å². The van der Waals surface area contributed by atoms with E-state index < -0.39 is 0 Å². The molecule has 0 N–H and O–H groups in total. The van der Waals surface area contributed by atoms with E-state index in [9.17, 15) is 4.79 Å². The molecule has 6 fully saturated rings. The van der Waals surface area contributed by atoms with Gasteiger partial charge in [-0.05, 0) is 119 Å². The number of nitrogens with zero attached hydrogens (tertiary/aromatic N) is 2. The zero-order valence-electron chi connectivity index (χ0n) is 24.0. The molecular formula is C32H55N2O2+. The first-order chi connectivity index (χ1) is 17.2. The first kappa shape index (κ1) is 25.7. The molecule has 0 spiro atoms. The Labute approximate surface area is 221 Å². The topological polar surface area (TPSA) is 29.5 Å². The average molecular weight is 500 g/mol. The number of piperidine rings is 2. The summed E-state index contributed by atoms with van der Waals surface area (Å²) < 4.78 is 7.66. The van der Waals surface area contributed by atoms with Gasteiger partial charge in [0.2, 0.25) is 0 Å². The molecule has 6 rings (SSSR count). The van der Waals surface area contributed by atoms with Gasteiger partial charge in [0, 0.05) is 24.8 Å². The summed E-state index contributed by atoms with van der Waals surface area (Å²) in [6, 6.07) is 1.34. The Hall–Kier alpha value is -0.610. The van der Waals surface area contributed by atoms with Crippen LogP contribution in [-0.2, 0) is 9.53 Å². The number of quaternary nitrogens is 1. The minimum absolute atomic E-state index is 0.0599. The van der Waals surface area contributed by atoms with Crippen molar-refractivity contribution in [1.29, 1.82) is 0 Å². The molecule has 2 saturated heterocycles. The summed E-state index contributed by atoms with van der Waals surface area (Å²) in [7, 11) is 2.61. The van der Waals surface area contributed by atoms with Gasteiger partial charge in [-0.3, -0.25) is 9.69 Å². The molecule has 36 heavy (non-hydrogen) atoms. The highest BCUT2D eigenvalue weighted by Crippen LogP contribution is 2.67. The molecule has 4 heteroatoms. The number of hydrogen-bond acceptors (Lipinski definition) is 3. The maximum absolute atomic E-state index is 12.3. The Bertz CT molecular complexity index is 817. The maximum Gasteiger partial charge on any atom is 0.302 e. The van der Waals surface area contributed by atoms with Gasteiger partial charge >= 0.3 is 5.97 Å². The van der Waals surface area contributed by atoms with Crippen LogP contribution in [0.25, 0.3) is 0 Å². The Balaban J connectivity index is 1.26. The highest BCUT2D eigenvalue weighted by molar-refractivity contribution is 5.66. The summed E-state index contributed by atoms with van der Waals surface area (Å²) in [6.45, 7) is 12.2. The summed E-state index contributed by atoms with van der Waals surface area (Å²) in [5.41, 5.74) is 0.684. The van der Waals surface area contributed by atoms with Crippen LogP contribution >= 0.6 is 0 Å². The molecule has 0 aromatic carbocycles. The lowest BCUT2D eigenvalue weighted by molar-refractivity contribution is -0.940. The molecule has 0 aromatic heterocycles. The predicted molar refractivity (Wildman–Crippen MR) is 145 cm³/mol. The van der Waals surface area contributed by atoms with Crippen molar-refractivity contribution >= 4 is 5.97 Å². The van der Waals surface area contributed by atoms with Crippen LogP contribution in [0.4, 0.5) is 0 Å². The molecule has 0 amide bonds. The number of ether oxygens (including phenoxy) is 1. The molecule has 4 saturated carbocycles. The zero-order valence-corrected chi connectivity index (χ0v) is 24.0. The van der Waals surface area contributed by atoms with Crippen molar-refractivity contribution in [2.24, 2.45) is 34.5 Å². The molecule has 0 bridgehead atoms. The number of likely N-dealkylation sites (tertiary alicyclic amines) is 2. The first-order valence-corrected chi connectivity index (χ1v) is 16.0. The first-order valence-electron chi connectivity index (χ1n) is 16.0. The van der Waals surface area contributed by atoms with E-state index in [0.717, 1.165) is 29.7 Å². The van der Waals surface area contributed by atoms with E-state index in [2.05, 4.69) is 25.8 Å². The van der Waals surface area contributed by atoms with Crippen molar-refractivity contribution in [2.45, 2.75) is 129 Å². The number of rotatable bonds is 3. The summed E-state index contributed by atoms with van der Waals surface area (Å²) in [4.78, 5) is 15.1. The van der Waals surface area contributed by atoms with Crippen LogP contribution in [0, 0.1) is 34.5 Å². The number of fused-ring (bicyclic) bond motifs is 5. The van der Waals surface area contributed by atoms with E-state index in [-0.39, 0.29) is 17.5 Å². The van der Waals surface area contributed by atoms with Gasteiger partial charge in [0.1, 0.15) is 6.10 Å². The maximum atomic E-state index is 12.3. The number of hydrogen-bond donors (Lipinski definition) is 0. The van der Waals surface area contributed by atoms with Crippen LogP contribution in [0.5, 0.6) is 0 Å². The van der Waals surface area contributed by atoms with Gasteiger partial charge in [-0.1, -0.05) is 20.3 Å². The number of esters is 1. The van der Waals surface area contributed by atoms with Crippen LogP contribution in [-0.4, -0.2) is 66.8 Å². The normalized spacial score (nSPS) is 48.9. The molecule has 6 aliphatic rings. The van der Waals surface area contributed by atoms with Crippen molar-refractivity contribution in [2.75, 3.05) is 33.2 Å². The molecule has 9 atom stereocenters. The fourth-order valence-corrected chi connectivity index (χ4v) is 11.4. The minimum atomic E-state index is -0.0599. The molecule has 0 radical (unpaired) electrons. The van der Waals surface area contributed by atoms with E-state index in [4.69, 9.17) is 4.74 Å². The second kappa shape index (κ2) is 9.54. The molecule has 4 aliphatic carbocycles. The standard InChI is InChI=1S/C32H55N2O2/c1-23(35)36-30-29(33-17-7-5-8-18-33)21-28-26-14-12-24-11-13-25(34(4)19-9-6-10-20-34)22-32(24,3)27(26)15-16-31(28,30)2/h24-30H,5-22H2,1-4H3/q+1/t24?,25?,26-,27-,28+,29?,30?,31+,32+/m1/s1. The van der Waals surface area contributed by atoms with Crippen LogP contribution in [0.3, 0.4) is 0 Å². The van der Waals surface area contributed by atoms with Gasteiger partial charge in [0.05, 0.1) is 26.2 Å².